The van der Waals surface area contributed by atoms with Crippen molar-refractivity contribution in [2.45, 2.75) is 12.8 Å². The van der Waals surface area contributed by atoms with Crippen molar-refractivity contribution < 1.29 is 4.74 Å². The quantitative estimate of drug-likeness (QED) is 0.777. The van der Waals surface area contributed by atoms with Gasteiger partial charge in [-0.05, 0) is 36.2 Å². The van der Waals surface area contributed by atoms with Crippen LogP contribution in [0.1, 0.15) is 11.4 Å². The number of aromatic nitrogens is 3. The number of ether oxygens (including phenoxy) is 1. The largest absolute Gasteiger partial charge is 0.497 e. The summed E-state index contributed by atoms with van der Waals surface area (Å²) < 4.78 is 5.15. The molecule has 1 N–H and O–H groups in total. The van der Waals surface area contributed by atoms with Gasteiger partial charge < -0.3 is 9.72 Å². The molecule has 4 heteroatoms. The van der Waals surface area contributed by atoms with Gasteiger partial charge in [-0.1, -0.05) is 12.1 Å². The fourth-order valence-corrected chi connectivity index (χ4v) is 2.07. The van der Waals surface area contributed by atoms with Gasteiger partial charge in [0.2, 0.25) is 0 Å². The maximum Gasteiger partial charge on any atom is 0.177 e. The van der Waals surface area contributed by atoms with E-state index < -0.39 is 0 Å². The third-order valence-corrected chi connectivity index (χ3v) is 3.12. The number of fused-ring (bicyclic) bond motifs is 1. The molecule has 0 spiro atoms. The number of imidazole rings is 1. The van der Waals surface area contributed by atoms with Gasteiger partial charge in [0, 0.05) is 12.6 Å². The molecule has 0 unspecified atom stereocenters. The van der Waals surface area contributed by atoms with Crippen LogP contribution in [-0.4, -0.2) is 22.1 Å². The maximum absolute atomic E-state index is 5.15. The summed E-state index contributed by atoms with van der Waals surface area (Å²) in [4.78, 5) is 12.0. The highest BCUT2D eigenvalue weighted by Gasteiger charge is 2.03. The highest BCUT2D eigenvalue weighted by atomic mass is 16.5. The van der Waals surface area contributed by atoms with E-state index in [0.717, 1.165) is 35.6 Å². The van der Waals surface area contributed by atoms with Crippen molar-refractivity contribution in [2.75, 3.05) is 7.11 Å². The Kier molecular flexibility index (Phi) is 3.14. The zero-order chi connectivity index (χ0) is 13.1. The van der Waals surface area contributed by atoms with E-state index in [1.165, 1.54) is 5.56 Å². The zero-order valence-corrected chi connectivity index (χ0v) is 10.8. The average Bonchev–Trinajstić information content (AvgIpc) is 2.88. The SMILES string of the molecule is COc1ccc(CCc2nc3ncccc3[nH]2)cc1. The van der Waals surface area contributed by atoms with Crippen molar-refractivity contribution in [3.8, 4) is 5.75 Å². The van der Waals surface area contributed by atoms with Crippen LogP contribution >= 0.6 is 0 Å². The molecule has 0 atom stereocenters. The molecule has 1 aromatic carbocycles. The summed E-state index contributed by atoms with van der Waals surface area (Å²) in [7, 11) is 1.68. The first-order valence-electron chi connectivity index (χ1n) is 6.28. The Balaban J connectivity index is 1.70. The van der Waals surface area contributed by atoms with E-state index in [1.807, 2.05) is 24.3 Å². The van der Waals surface area contributed by atoms with Crippen LogP contribution in [0.2, 0.25) is 0 Å². The average molecular weight is 253 g/mol. The molecule has 0 fully saturated rings. The molecule has 2 aromatic heterocycles. The predicted octanol–water partition coefficient (Wildman–Crippen LogP) is 2.75. The molecule has 0 saturated heterocycles. The molecular weight excluding hydrogens is 238 g/mol. The first-order chi connectivity index (χ1) is 9.35. The minimum atomic E-state index is 0.784. The van der Waals surface area contributed by atoms with Crippen LogP contribution in [-0.2, 0) is 12.8 Å². The second-order valence-corrected chi connectivity index (χ2v) is 4.41. The number of rotatable bonds is 4. The van der Waals surface area contributed by atoms with Crippen molar-refractivity contribution in [1.82, 2.24) is 15.0 Å². The fraction of sp³-hybridized carbons (Fsp3) is 0.200. The van der Waals surface area contributed by atoms with Crippen molar-refractivity contribution >= 4 is 11.2 Å². The number of pyridine rings is 1. The van der Waals surface area contributed by atoms with Gasteiger partial charge in [-0.2, -0.15) is 0 Å². The first-order valence-corrected chi connectivity index (χ1v) is 6.28. The topological polar surface area (TPSA) is 50.8 Å². The monoisotopic (exact) mass is 253 g/mol. The van der Waals surface area contributed by atoms with Crippen molar-refractivity contribution in [2.24, 2.45) is 0 Å². The first kappa shape index (κ1) is 11.7. The molecule has 0 aliphatic heterocycles. The van der Waals surface area contributed by atoms with Gasteiger partial charge in [0.25, 0.3) is 0 Å². The van der Waals surface area contributed by atoms with Crippen molar-refractivity contribution in [3.05, 3.63) is 54.0 Å². The molecule has 19 heavy (non-hydrogen) atoms. The number of nitrogens with zero attached hydrogens (tertiary/aromatic N) is 2. The fourth-order valence-electron chi connectivity index (χ4n) is 2.07. The Morgan fingerprint density at radius 1 is 1.11 bits per heavy atom. The van der Waals surface area contributed by atoms with Gasteiger partial charge in [-0.25, -0.2) is 9.97 Å². The van der Waals surface area contributed by atoms with Crippen molar-refractivity contribution in [1.29, 1.82) is 0 Å². The number of nitrogens with one attached hydrogen (secondary N) is 1. The van der Waals surface area contributed by atoms with E-state index in [4.69, 9.17) is 4.74 Å². The molecule has 0 aliphatic rings. The predicted molar refractivity (Wildman–Crippen MR) is 74.3 cm³/mol. The van der Waals surface area contributed by atoms with Gasteiger partial charge in [-0.15, -0.1) is 0 Å². The summed E-state index contributed by atoms with van der Waals surface area (Å²) in [5.74, 6) is 1.86. The lowest BCUT2D eigenvalue weighted by atomic mass is 10.1. The Bertz CT molecular complexity index is 640. The third kappa shape index (κ3) is 2.57. The summed E-state index contributed by atoms with van der Waals surface area (Å²) in [6.07, 6.45) is 3.59. The summed E-state index contributed by atoms with van der Waals surface area (Å²) >= 11 is 0. The van der Waals surface area contributed by atoms with E-state index in [1.54, 1.807) is 13.3 Å². The minimum Gasteiger partial charge on any atom is -0.497 e. The summed E-state index contributed by atoms with van der Waals surface area (Å²) in [5, 5.41) is 0. The smallest absolute Gasteiger partial charge is 0.177 e. The van der Waals surface area contributed by atoms with E-state index in [-0.39, 0.29) is 0 Å². The van der Waals surface area contributed by atoms with Crippen LogP contribution in [0, 0.1) is 0 Å². The van der Waals surface area contributed by atoms with Crippen LogP contribution in [0.15, 0.2) is 42.6 Å². The lowest BCUT2D eigenvalue weighted by Crippen LogP contribution is -1.93. The van der Waals surface area contributed by atoms with Gasteiger partial charge in [-0.3, -0.25) is 0 Å². The number of aryl methyl sites for hydroxylation is 2. The van der Waals surface area contributed by atoms with Crippen LogP contribution < -0.4 is 4.74 Å². The van der Waals surface area contributed by atoms with Crippen LogP contribution in [0.25, 0.3) is 11.2 Å². The number of methoxy groups -OCH3 is 1. The van der Waals surface area contributed by atoms with Gasteiger partial charge in [0.1, 0.15) is 11.6 Å². The summed E-state index contributed by atoms with van der Waals surface area (Å²) in [5.41, 5.74) is 3.05. The molecule has 0 radical (unpaired) electrons. The lowest BCUT2D eigenvalue weighted by Gasteiger charge is -2.02. The summed E-state index contributed by atoms with van der Waals surface area (Å²) in [6.45, 7) is 0. The molecule has 3 aromatic rings. The molecule has 3 rings (SSSR count). The number of aromatic amines is 1. The van der Waals surface area contributed by atoms with Crippen LogP contribution in [0.3, 0.4) is 0 Å². The Morgan fingerprint density at radius 3 is 2.68 bits per heavy atom. The van der Waals surface area contributed by atoms with Crippen LogP contribution in [0.4, 0.5) is 0 Å². The van der Waals surface area contributed by atoms with E-state index >= 15 is 0 Å². The van der Waals surface area contributed by atoms with E-state index in [9.17, 15) is 0 Å². The molecule has 96 valence electrons. The van der Waals surface area contributed by atoms with E-state index in [2.05, 4.69) is 27.1 Å². The Morgan fingerprint density at radius 2 is 1.95 bits per heavy atom. The zero-order valence-electron chi connectivity index (χ0n) is 10.8. The minimum absolute atomic E-state index is 0.784. The molecule has 0 bridgehead atoms. The normalized spacial score (nSPS) is 10.8. The highest BCUT2D eigenvalue weighted by molar-refractivity contribution is 5.69. The second-order valence-electron chi connectivity index (χ2n) is 4.41. The molecular formula is C15H15N3O. The second kappa shape index (κ2) is 5.10. The van der Waals surface area contributed by atoms with Gasteiger partial charge in [0.05, 0.1) is 12.6 Å². The number of H-pyrrole nitrogens is 1. The molecule has 2 heterocycles. The lowest BCUT2D eigenvalue weighted by molar-refractivity contribution is 0.414. The number of benzene rings is 1. The van der Waals surface area contributed by atoms with Crippen LogP contribution in [0.5, 0.6) is 5.75 Å². The number of hydrogen-bond donors (Lipinski definition) is 1. The maximum atomic E-state index is 5.15. The van der Waals surface area contributed by atoms with Crippen molar-refractivity contribution in [3.63, 3.8) is 0 Å². The third-order valence-electron chi connectivity index (χ3n) is 3.12. The number of hydrogen-bond acceptors (Lipinski definition) is 3. The molecule has 4 nitrogen and oxygen atoms in total. The van der Waals surface area contributed by atoms with E-state index in [0.29, 0.717) is 0 Å². The molecule has 0 aliphatic carbocycles. The highest BCUT2D eigenvalue weighted by Crippen LogP contribution is 2.14. The Hall–Kier alpha value is -2.36. The standard InChI is InChI=1S/C15H15N3O/c1-19-12-7-4-11(5-8-12)6-9-14-17-13-3-2-10-16-15(13)18-14/h2-5,7-8,10H,6,9H2,1H3,(H,16,17,18). The van der Waals surface area contributed by atoms with Gasteiger partial charge >= 0.3 is 0 Å². The molecule has 0 amide bonds. The summed E-state index contributed by atoms with van der Waals surface area (Å²) in [6, 6.07) is 12.0. The molecule has 0 saturated carbocycles. The Labute approximate surface area is 111 Å². The van der Waals surface area contributed by atoms with Gasteiger partial charge in [0.15, 0.2) is 5.65 Å².